The second-order valence-electron chi connectivity index (χ2n) is 3.71. The number of anilines is 1. The van der Waals surface area contributed by atoms with E-state index in [0.717, 1.165) is 5.56 Å². The van der Waals surface area contributed by atoms with Crippen LogP contribution < -0.4 is 11.1 Å². The van der Waals surface area contributed by atoms with Crippen molar-refractivity contribution in [3.8, 4) is 0 Å². The number of nitrogens with one attached hydrogen (secondary N) is 1. The van der Waals surface area contributed by atoms with Crippen molar-refractivity contribution in [2.45, 2.75) is 25.6 Å². The van der Waals surface area contributed by atoms with Gasteiger partial charge in [0, 0.05) is 28.8 Å². The lowest BCUT2D eigenvalue weighted by Crippen LogP contribution is -2.29. The van der Waals surface area contributed by atoms with E-state index in [0.29, 0.717) is 18.0 Å². The van der Waals surface area contributed by atoms with Gasteiger partial charge in [-0.25, -0.2) is 0 Å². The molecule has 1 rings (SSSR count). The summed E-state index contributed by atoms with van der Waals surface area (Å²) in [4.78, 5) is 11.8. The Morgan fingerprint density at radius 3 is 2.82 bits per heavy atom. The van der Waals surface area contributed by atoms with Gasteiger partial charge in [-0.15, -0.1) is 0 Å². The maximum Gasteiger partial charge on any atom is 0.239 e. The predicted molar refractivity (Wildman–Crippen MR) is 71.1 cm³/mol. The van der Waals surface area contributed by atoms with Crippen LogP contribution in [0.4, 0.5) is 5.69 Å². The van der Waals surface area contributed by atoms with Crippen LogP contribution in [0.5, 0.6) is 0 Å². The summed E-state index contributed by atoms with van der Waals surface area (Å²) < 4.78 is 11.5. The fourth-order valence-corrected chi connectivity index (χ4v) is 2.19. The van der Waals surface area contributed by atoms with Crippen molar-refractivity contribution in [1.29, 1.82) is 0 Å². The summed E-state index contributed by atoms with van der Waals surface area (Å²) in [6.07, 6.45) is 0. The highest BCUT2D eigenvalue weighted by molar-refractivity contribution is 7.86. The van der Waals surface area contributed by atoms with Crippen LogP contribution in [0.15, 0.2) is 24.3 Å². The van der Waals surface area contributed by atoms with Crippen molar-refractivity contribution in [3.05, 3.63) is 29.8 Å². The Balaban J connectivity index is 2.70. The third kappa shape index (κ3) is 3.94. The molecule has 5 heteroatoms. The topological polar surface area (TPSA) is 72.2 Å². The fourth-order valence-electron chi connectivity index (χ4n) is 1.39. The Labute approximate surface area is 104 Å². The predicted octanol–water partition coefficient (Wildman–Crippen LogP) is 1.24. The van der Waals surface area contributed by atoms with Crippen molar-refractivity contribution in [1.82, 2.24) is 0 Å². The standard InChI is InChI=1S/C12H18N2O2S/c1-3-17(16)9(2)12(15)14-11-6-4-5-10(7-11)8-13/h4-7,9H,3,8,13H2,1-2H3,(H,14,15). The number of carbonyl (C=O) groups excluding carboxylic acids is 1. The number of rotatable bonds is 5. The maximum absolute atomic E-state index is 11.8. The average molecular weight is 254 g/mol. The van der Waals surface area contributed by atoms with Gasteiger partial charge in [-0.2, -0.15) is 0 Å². The van der Waals surface area contributed by atoms with Crippen molar-refractivity contribution < 1.29 is 9.00 Å². The molecular weight excluding hydrogens is 236 g/mol. The molecule has 0 bridgehead atoms. The molecule has 1 aromatic rings. The maximum atomic E-state index is 11.8. The highest BCUT2D eigenvalue weighted by Gasteiger charge is 2.18. The average Bonchev–Trinajstić information content (AvgIpc) is 2.37. The molecular formula is C12H18N2O2S. The van der Waals surface area contributed by atoms with Crippen LogP contribution in [-0.4, -0.2) is 21.1 Å². The van der Waals surface area contributed by atoms with E-state index in [-0.39, 0.29) is 5.91 Å². The largest absolute Gasteiger partial charge is 0.326 e. The summed E-state index contributed by atoms with van der Waals surface area (Å²) in [5.41, 5.74) is 7.16. The van der Waals surface area contributed by atoms with E-state index in [1.807, 2.05) is 18.2 Å². The Bertz CT molecular complexity index is 421. The molecule has 1 amide bonds. The minimum atomic E-state index is -1.12. The highest BCUT2D eigenvalue weighted by atomic mass is 32.2. The van der Waals surface area contributed by atoms with Crippen LogP contribution in [0.2, 0.25) is 0 Å². The van der Waals surface area contributed by atoms with Gasteiger partial charge in [0.05, 0.1) is 0 Å². The molecule has 0 aliphatic carbocycles. The molecule has 0 radical (unpaired) electrons. The lowest BCUT2D eigenvalue weighted by molar-refractivity contribution is -0.115. The van der Waals surface area contributed by atoms with Gasteiger partial charge in [-0.3, -0.25) is 9.00 Å². The number of hydrogen-bond acceptors (Lipinski definition) is 3. The first-order valence-corrected chi connectivity index (χ1v) is 6.93. The van der Waals surface area contributed by atoms with Crippen LogP contribution in [-0.2, 0) is 22.1 Å². The van der Waals surface area contributed by atoms with Gasteiger partial charge in [-0.1, -0.05) is 19.1 Å². The van der Waals surface area contributed by atoms with Crippen molar-refractivity contribution >= 4 is 22.4 Å². The molecule has 0 aliphatic heterocycles. The molecule has 0 aromatic heterocycles. The third-order valence-corrected chi connectivity index (χ3v) is 4.05. The van der Waals surface area contributed by atoms with Crippen LogP contribution in [0.1, 0.15) is 19.4 Å². The zero-order valence-corrected chi connectivity index (χ0v) is 10.9. The summed E-state index contributed by atoms with van der Waals surface area (Å²) in [5.74, 6) is 0.261. The summed E-state index contributed by atoms with van der Waals surface area (Å²) in [6, 6.07) is 7.33. The van der Waals surface area contributed by atoms with Gasteiger partial charge < -0.3 is 11.1 Å². The van der Waals surface area contributed by atoms with E-state index in [2.05, 4.69) is 5.32 Å². The van der Waals surface area contributed by atoms with E-state index < -0.39 is 16.0 Å². The first-order chi connectivity index (χ1) is 8.08. The van der Waals surface area contributed by atoms with Gasteiger partial charge >= 0.3 is 0 Å². The molecule has 4 nitrogen and oxygen atoms in total. The zero-order chi connectivity index (χ0) is 12.8. The summed E-state index contributed by atoms with van der Waals surface area (Å²) in [7, 11) is -1.12. The zero-order valence-electron chi connectivity index (χ0n) is 10.1. The number of nitrogens with two attached hydrogens (primary N) is 1. The lowest BCUT2D eigenvalue weighted by atomic mass is 10.2. The normalized spacial score (nSPS) is 14.1. The Morgan fingerprint density at radius 1 is 1.53 bits per heavy atom. The number of carbonyl (C=O) groups is 1. The second-order valence-corrected chi connectivity index (χ2v) is 5.75. The molecule has 0 saturated carbocycles. The van der Waals surface area contributed by atoms with Crippen molar-refractivity contribution in [3.63, 3.8) is 0 Å². The number of amides is 1. The molecule has 0 spiro atoms. The molecule has 0 aliphatic rings. The highest BCUT2D eigenvalue weighted by Crippen LogP contribution is 2.11. The monoisotopic (exact) mass is 254 g/mol. The third-order valence-electron chi connectivity index (χ3n) is 2.48. The molecule has 0 heterocycles. The first-order valence-electron chi connectivity index (χ1n) is 5.55. The molecule has 3 N–H and O–H groups in total. The first kappa shape index (κ1) is 13.9. The minimum absolute atomic E-state index is 0.223. The van der Waals surface area contributed by atoms with E-state index in [4.69, 9.17) is 5.73 Å². The van der Waals surface area contributed by atoms with Crippen LogP contribution in [0.25, 0.3) is 0 Å². The summed E-state index contributed by atoms with van der Waals surface area (Å²) >= 11 is 0. The van der Waals surface area contributed by atoms with E-state index in [1.54, 1.807) is 19.9 Å². The Morgan fingerprint density at radius 2 is 2.24 bits per heavy atom. The molecule has 2 unspecified atom stereocenters. The molecule has 2 atom stereocenters. The lowest BCUT2D eigenvalue weighted by Gasteiger charge is -2.11. The summed E-state index contributed by atoms with van der Waals surface area (Å²) in [5, 5.41) is 2.25. The van der Waals surface area contributed by atoms with Gasteiger partial charge in [0.25, 0.3) is 0 Å². The van der Waals surface area contributed by atoms with E-state index in [1.165, 1.54) is 0 Å². The number of benzene rings is 1. The molecule has 17 heavy (non-hydrogen) atoms. The SMILES string of the molecule is CCS(=O)C(C)C(=O)Nc1cccc(CN)c1. The van der Waals surface area contributed by atoms with Gasteiger partial charge in [0.15, 0.2) is 0 Å². The van der Waals surface area contributed by atoms with Crippen LogP contribution in [0.3, 0.4) is 0 Å². The second kappa shape index (κ2) is 6.51. The fraction of sp³-hybridized carbons (Fsp3) is 0.417. The Kier molecular flexibility index (Phi) is 5.31. The smallest absolute Gasteiger partial charge is 0.239 e. The van der Waals surface area contributed by atoms with E-state index in [9.17, 15) is 9.00 Å². The van der Waals surface area contributed by atoms with Crippen LogP contribution in [0, 0.1) is 0 Å². The molecule has 94 valence electrons. The Hall–Kier alpha value is -1.20. The summed E-state index contributed by atoms with van der Waals surface area (Å²) in [6.45, 7) is 3.90. The minimum Gasteiger partial charge on any atom is -0.326 e. The molecule has 0 saturated heterocycles. The van der Waals surface area contributed by atoms with Crippen LogP contribution >= 0.6 is 0 Å². The number of hydrogen-bond donors (Lipinski definition) is 2. The van der Waals surface area contributed by atoms with Gasteiger partial charge in [-0.05, 0) is 24.6 Å². The van der Waals surface area contributed by atoms with Crippen molar-refractivity contribution in [2.75, 3.05) is 11.1 Å². The van der Waals surface area contributed by atoms with Gasteiger partial charge in [0.1, 0.15) is 5.25 Å². The van der Waals surface area contributed by atoms with Gasteiger partial charge in [0.2, 0.25) is 5.91 Å². The van der Waals surface area contributed by atoms with Crippen molar-refractivity contribution in [2.24, 2.45) is 5.73 Å². The van der Waals surface area contributed by atoms with E-state index >= 15 is 0 Å². The molecule has 0 fully saturated rings. The quantitative estimate of drug-likeness (QED) is 0.830. The molecule has 1 aromatic carbocycles.